The van der Waals surface area contributed by atoms with E-state index in [2.05, 4.69) is 10.1 Å². The Morgan fingerprint density at radius 2 is 1.83 bits per heavy atom. The Labute approximate surface area is 138 Å². The van der Waals surface area contributed by atoms with Gasteiger partial charge in [-0.05, 0) is 42.0 Å². The second-order valence-electron chi connectivity index (χ2n) is 5.81. The van der Waals surface area contributed by atoms with Crippen molar-refractivity contribution in [3.8, 4) is 0 Å². The van der Waals surface area contributed by atoms with Crippen molar-refractivity contribution in [3.63, 3.8) is 0 Å². The molecule has 2 heterocycles. The van der Waals surface area contributed by atoms with Gasteiger partial charge in [0.15, 0.2) is 10.8 Å². The number of rotatable bonds is 2. The van der Waals surface area contributed by atoms with Crippen molar-refractivity contribution in [2.45, 2.75) is 24.4 Å². The lowest BCUT2D eigenvalue weighted by molar-refractivity contribution is -0.137. The van der Waals surface area contributed by atoms with Crippen LogP contribution in [0.4, 0.5) is 17.6 Å². The van der Waals surface area contributed by atoms with E-state index in [0.717, 1.165) is 40.4 Å². The third-order valence-corrected chi connectivity index (χ3v) is 4.47. The minimum absolute atomic E-state index is 0.0338. The smallest absolute Gasteiger partial charge is 0.232 e. The minimum atomic E-state index is -4.35. The van der Waals surface area contributed by atoms with Gasteiger partial charge in [0.2, 0.25) is 5.95 Å². The topological polar surface area (TPSA) is 30.2 Å². The summed E-state index contributed by atoms with van der Waals surface area (Å²) in [7, 11) is 0. The van der Waals surface area contributed by atoms with E-state index in [1.54, 1.807) is 6.07 Å². The van der Waals surface area contributed by atoms with Crippen molar-refractivity contribution in [1.29, 1.82) is 0 Å². The SMILES string of the molecule is Fc1cnc2c([C@H]3C[C@@H]3c3ccc(C(F)(F)F)cc3)cc(Cl)nn12. The van der Waals surface area contributed by atoms with Crippen molar-refractivity contribution in [1.82, 2.24) is 14.6 Å². The molecule has 3 aromatic rings. The number of fused-ring (bicyclic) bond motifs is 1. The van der Waals surface area contributed by atoms with Gasteiger partial charge in [-0.2, -0.15) is 27.2 Å². The van der Waals surface area contributed by atoms with Crippen LogP contribution >= 0.6 is 11.6 Å². The molecule has 24 heavy (non-hydrogen) atoms. The van der Waals surface area contributed by atoms with Crippen LogP contribution in [-0.2, 0) is 6.18 Å². The van der Waals surface area contributed by atoms with Gasteiger partial charge in [0.1, 0.15) is 0 Å². The van der Waals surface area contributed by atoms with Crippen LogP contribution in [0.15, 0.2) is 36.5 Å². The molecule has 0 aliphatic heterocycles. The quantitative estimate of drug-likeness (QED) is 0.617. The summed E-state index contributed by atoms with van der Waals surface area (Å²) in [4.78, 5) is 4.01. The highest BCUT2D eigenvalue weighted by Crippen LogP contribution is 2.55. The Balaban J connectivity index is 1.65. The van der Waals surface area contributed by atoms with Crippen molar-refractivity contribution in [2.75, 3.05) is 0 Å². The van der Waals surface area contributed by atoms with Gasteiger partial charge >= 0.3 is 6.18 Å². The molecule has 2 aromatic heterocycles. The monoisotopic (exact) mass is 355 g/mol. The van der Waals surface area contributed by atoms with E-state index in [1.165, 1.54) is 12.1 Å². The fourth-order valence-corrected chi connectivity index (χ4v) is 3.23. The second-order valence-corrected chi connectivity index (χ2v) is 6.19. The molecule has 124 valence electrons. The number of imidazole rings is 1. The van der Waals surface area contributed by atoms with Crippen LogP contribution in [-0.4, -0.2) is 14.6 Å². The molecule has 0 spiro atoms. The third-order valence-electron chi connectivity index (χ3n) is 4.28. The molecule has 1 aliphatic rings. The van der Waals surface area contributed by atoms with Crippen molar-refractivity contribution >= 4 is 17.2 Å². The summed E-state index contributed by atoms with van der Waals surface area (Å²) in [6.07, 6.45) is -2.53. The standard InChI is InChI=1S/C16H10ClF4N3/c17-13-6-12(15-22-7-14(18)24(15)23-13)11-5-10(11)8-1-3-9(4-2-8)16(19,20)21/h1-4,6-7,10-11H,5H2/t10-,11+/m1/s1. The Kier molecular flexibility index (Phi) is 3.32. The summed E-state index contributed by atoms with van der Waals surface area (Å²) in [6, 6.07) is 6.77. The fraction of sp³-hybridized carbons (Fsp3) is 0.250. The summed E-state index contributed by atoms with van der Waals surface area (Å²) in [5, 5.41) is 4.01. The maximum atomic E-state index is 13.6. The fourth-order valence-electron chi connectivity index (χ4n) is 3.03. The highest BCUT2D eigenvalue weighted by Gasteiger charge is 2.42. The first-order valence-corrected chi connectivity index (χ1v) is 7.59. The molecule has 0 radical (unpaired) electrons. The van der Waals surface area contributed by atoms with Crippen LogP contribution < -0.4 is 0 Å². The van der Waals surface area contributed by atoms with Gasteiger partial charge in [-0.1, -0.05) is 23.7 Å². The summed E-state index contributed by atoms with van der Waals surface area (Å²) in [5.74, 6) is -0.513. The van der Waals surface area contributed by atoms with Gasteiger partial charge in [-0.15, -0.1) is 0 Å². The van der Waals surface area contributed by atoms with Gasteiger partial charge in [0.25, 0.3) is 0 Å². The lowest BCUT2D eigenvalue weighted by atomic mass is 10.0. The van der Waals surface area contributed by atoms with Crippen LogP contribution in [0.5, 0.6) is 0 Å². The van der Waals surface area contributed by atoms with E-state index in [4.69, 9.17) is 11.6 Å². The molecule has 0 saturated heterocycles. The zero-order chi connectivity index (χ0) is 17.1. The van der Waals surface area contributed by atoms with Gasteiger partial charge < -0.3 is 0 Å². The van der Waals surface area contributed by atoms with E-state index in [-0.39, 0.29) is 17.0 Å². The highest BCUT2D eigenvalue weighted by molar-refractivity contribution is 6.29. The third kappa shape index (κ3) is 2.53. The number of alkyl halides is 3. The predicted octanol–water partition coefficient (Wildman–Crippen LogP) is 4.81. The molecule has 0 N–H and O–H groups in total. The first kappa shape index (κ1) is 15.4. The van der Waals surface area contributed by atoms with Crippen molar-refractivity contribution in [2.24, 2.45) is 0 Å². The Morgan fingerprint density at radius 3 is 2.50 bits per heavy atom. The van der Waals surface area contributed by atoms with Crippen LogP contribution in [0, 0.1) is 5.95 Å². The number of nitrogens with zero attached hydrogens (tertiary/aromatic N) is 3. The lowest BCUT2D eigenvalue weighted by Gasteiger charge is -2.08. The lowest BCUT2D eigenvalue weighted by Crippen LogP contribution is -2.04. The number of hydrogen-bond acceptors (Lipinski definition) is 2. The molecule has 1 fully saturated rings. The first-order chi connectivity index (χ1) is 11.3. The Bertz CT molecular complexity index is 917. The molecule has 1 saturated carbocycles. The zero-order valence-corrected chi connectivity index (χ0v) is 12.8. The van der Waals surface area contributed by atoms with Gasteiger partial charge in [-0.3, -0.25) is 0 Å². The molecule has 2 atom stereocenters. The largest absolute Gasteiger partial charge is 0.416 e. The van der Waals surface area contributed by atoms with Crippen LogP contribution in [0.1, 0.15) is 34.9 Å². The molecule has 0 amide bonds. The predicted molar refractivity (Wildman–Crippen MR) is 79.5 cm³/mol. The van der Waals surface area contributed by atoms with Crippen molar-refractivity contribution in [3.05, 3.63) is 64.3 Å². The summed E-state index contributed by atoms with van der Waals surface area (Å²) >= 11 is 5.94. The van der Waals surface area contributed by atoms with E-state index < -0.39 is 17.7 Å². The average Bonchev–Trinajstić information content (AvgIpc) is 3.24. The molecular formula is C16H10ClF4N3. The Hall–Kier alpha value is -2.15. The number of aromatic nitrogens is 3. The highest BCUT2D eigenvalue weighted by atomic mass is 35.5. The van der Waals surface area contributed by atoms with Crippen LogP contribution in [0.2, 0.25) is 5.15 Å². The maximum absolute atomic E-state index is 13.6. The average molecular weight is 356 g/mol. The molecule has 4 rings (SSSR count). The molecule has 3 nitrogen and oxygen atoms in total. The number of halogens is 5. The Morgan fingerprint density at radius 1 is 1.12 bits per heavy atom. The van der Waals surface area contributed by atoms with Gasteiger partial charge in [0, 0.05) is 5.56 Å². The second kappa shape index (κ2) is 5.17. The van der Waals surface area contributed by atoms with Gasteiger partial charge in [0.05, 0.1) is 11.8 Å². The maximum Gasteiger partial charge on any atom is 0.416 e. The molecule has 1 aliphatic carbocycles. The summed E-state index contributed by atoms with van der Waals surface area (Å²) in [5.41, 5.74) is 1.28. The molecule has 0 unspecified atom stereocenters. The normalized spacial score (nSPS) is 20.5. The summed E-state index contributed by atoms with van der Waals surface area (Å²) in [6.45, 7) is 0. The van der Waals surface area contributed by atoms with E-state index in [9.17, 15) is 17.6 Å². The van der Waals surface area contributed by atoms with Crippen molar-refractivity contribution < 1.29 is 17.6 Å². The number of benzene rings is 1. The minimum Gasteiger partial charge on any atom is -0.232 e. The van der Waals surface area contributed by atoms with Crippen LogP contribution in [0.3, 0.4) is 0 Å². The van der Waals surface area contributed by atoms with E-state index >= 15 is 0 Å². The first-order valence-electron chi connectivity index (χ1n) is 7.21. The van der Waals surface area contributed by atoms with Crippen LogP contribution in [0.25, 0.3) is 5.65 Å². The van der Waals surface area contributed by atoms with E-state index in [1.807, 2.05) is 0 Å². The van der Waals surface area contributed by atoms with E-state index in [0.29, 0.717) is 5.65 Å². The molecule has 0 bridgehead atoms. The molecule has 8 heteroatoms. The number of hydrogen-bond donors (Lipinski definition) is 0. The zero-order valence-electron chi connectivity index (χ0n) is 12.1. The molecule has 1 aromatic carbocycles. The summed E-state index contributed by atoms with van der Waals surface area (Å²) < 4.78 is 52.6. The van der Waals surface area contributed by atoms with Gasteiger partial charge in [-0.25, -0.2) is 4.98 Å². The molecular weight excluding hydrogens is 346 g/mol.